The maximum Gasteiger partial charge on any atom is 0.259 e. The summed E-state index contributed by atoms with van der Waals surface area (Å²) in [4.78, 5) is 17.0. The van der Waals surface area contributed by atoms with Crippen molar-refractivity contribution in [2.75, 3.05) is 5.32 Å². The largest absolute Gasteiger partial charge is 0.359 e. The van der Waals surface area contributed by atoms with Gasteiger partial charge in [0.1, 0.15) is 0 Å². The fraction of sp³-hybridized carbons (Fsp3) is 0.500. The van der Waals surface area contributed by atoms with Gasteiger partial charge in [0.25, 0.3) is 5.56 Å². The van der Waals surface area contributed by atoms with Crippen molar-refractivity contribution < 1.29 is 0 Å². The predicted molar refractivity (Wildman–Crippen MR) is 90.3 cm³/mol. The number of thiazole rings is 1. The van der Waals surface area contributed by atoms with E-state index in [1.54, 1.807) is 15.9 Å². The summed E-state index contributed by atoms with van der Waals surface area (Å²) in [6.45, 7) is 8.43. The van der Waals surface area contributed by atoms with Crippen molar-refractivity contribution in [3.8, 4) is 11.3 Å². The van der Waals surface area contributed by atoms with Crippen LogP contribution < -0.4 is 10.9 Å². The molecule has 0 bridgehead atoms. The maximum absolute atomic E-state index is 12.5. The van der Waals surface area contributed by atoms with E-state index in [9.17, 15) is 4.79 Å². The van der Waals surface area contributed by atoms with Crippen molar-refractivity contribution in [2.24, 2.45) is 7.05 Å². The second-order valence-electron chi connectivity index (χ2n) is 5.68. The van der Waals surface area contributed by atoms with Crippen molar-refractivity contribution >= 4 is 16.5 Å². The van der Waals surface area contributed by atoms with Crippen molar-refractivity contribution in [2.45, 2.75) is 46.1 Å². The Balaban J connectivity index is 2.35. The number of nitrogens with one attached hydrogen (secondary N) is 1. The van der Waals surface area contributed by atoms with Gasteiger partial charge >= 0.3 is 0 Å². The Labute approximate surface area is 129 Å². The number of anilines is 1. The zero-order chi connectivity index (χ0) is 15.6. The van der Waals surface area contributed by atoms with E-state index in [4.69, 9.17) is 0 Å². The van der Waals surface area contributed by atoms with Crippen molar-refractivity contribution in [1.29, 1.82) is 0 Å². The molecule has 2 rings (SSSR count). The molecule has 1 N–H and O–H groups in total. The average Bonchev–Trinajstić information content (AvgIpc) is 2.89. The van der Waals surface area contributed by atoms with Crippen LogP contribution >= 0.6 is 11.3 Å². The summed E-state index contributed by atoms with van der Waals surface area (Å²) in [5, 5.41) is 6.15. The first-order valence-corrected chi connectivity index (χ1v) is 8.24. The molecule has 0 radical (unpaired) electrons. The second-order valence-corrected chi connectivity index (χ2v) is 6.54. The molecule has 1 atom stereocenters. The average molecular weight is 305 g/mol. The highest BCUT2D eigenvalue weighted by Crippen LogP contribution is 2.24. The zero-order valence-corrected chi connectivity index (χ0v) is 14.1. The van der Waals surface area contributed by atoms with Gasteiger partial charge < -0.3 is 9.88 Å². The number of hydrogen-bond acceptors (Lipinski definition) is 4. The van der Waals surface area contributed by atoms with Crippen molar-refractivity contribution in [3.05, 3.63) is 33.6 Å². The molecule has 0 spiro atoms. The Morgan fingerprint density at radius 1 is 1.33 bits per heavy atom. The molecule has 2 aromatic heterocycles. The van der Waals surface area contributed by atoms with Gasteiger partial charge in [-0.3, -0.25) is 4.79 Å². The topological polar surface area (TPSA) is 46.9 Å². The van der Waals surface area contributed by atoms with Crippen LogP contribution in [0.5, 0.6) is 0 Å². The fourth-order valence-corrected chi connectivity index (χ4v) is 3.02. The molecule has 114 valence electrons. The van der Waals surface area contributed by atoms with Crippen LogP contribution in [0, 0.1) is 0 Å². The van der Waals surface area contributed by atoms with Crippen LogP contribution in [0.25, 0.3) is 11.3 Å². The first kappa shape index (κ1) is 15.8. The van der Waals surface area contributed by atoms with Crippen LogP contribution in [-0.2, 0) is 7.05 Å². The van der Waals surface area contributed by atoms with Gasteiger partial charge in [-0.1, -0.05) is 20.8 Å². The van der Waals surface area contributed by atoms with Gasteiger partial charge in [-0.25, -0.2) is 4.98 Å². The molecule has 2 aromatic rings. The molecule has 0 aliphatic rings. The number of rotatable bonds is 5. The van der Waals surface area contributed by atoms with Crippen LogP contribution in [0.15, 0.2) is 22.3 Å². The molecule has 2 heterocycles. The summed E-state index contributed by atoms with van der Waals surface area (Å²) >= 11 is 1.54. The molecular formula is C16H23N3OS. The molecule has 0 aliphatic heterocycles. The molecule has 0 saturated heterocycles. The van der Waals surface area contributed by atoms with E-state index >= 15 is 0 Å². The highest BCUT2D eigenvalue weighted by Gasteiger charge is 2.13. The van der Waals surface area contributed by atoms with E-state index < -0.39 is 0 Å². The second kappa shape index (κ2) is 6.43. The van der Waals surface area contributed by atoms with Gasteiger partial charge in [-0.05, 0) is 31.4 Å². The molecule has 0 amide bonds. The highest BCUT2D eigenvalue weighted by atomic mass is 32.1. The van der Waals surface area contributed by atoms with Crippen LogP contribution in [0.2, 0.25) is 0 Å². The number of nitrogens with zero attached hydrogens (tertiary/aromatic N) is 2. The molecule has 5 heteroatoms. The number of hydrogen-bond donors (Lipinski definition) is 1. The molecule has 0 fully saturated rings. The van der Waals surface area contributed by atoms with Crippen LogP contribution in [-0.4, -0.2) is 15.6 Å². The maximum atomic E-state index is 12.5. The van der Waals surface area contributed by atoms with Gasteiger partial charge in [0.15, 0.2) is 5.13 Å². The summed E-state index contributed by atoms with van der Waals surface area (Å²) in [5.41, 5.74) is 2.47. The summed E-state index contributed by atoms with van der Waals surface area (Å²) < 4.78 is 1.72. The highest BCUT2D eigenvalue weighted by molar-refractivity contribution is 7.14. The third-order valence-corrected chi connectivity index (χ3v) is 4.47. The lowest BCUT2D eigenvalue weighted by Gasteiger charge is -2.12. The predicted octanol–water partition coefficient (Wildman–Crippen LogP) is 3.84. The SMILES string of the molecule is CCC(C)Nc1nc(-c2ccc(C(C)C)n(C)c2=O)cs1. The standard InChI is InChI=1S/C16H23N3OS/c1-6-11(4)17-16-18-13(9-21-16)12-7-8-14(10(2)3)19(5)15(12)20/h7-11H,6H2,1-5H3,(H,17,18). The summed E-state index contributed by atoms with van der Waals surface area (Å²) in [6.07, 6.45) is 1.04. The van der Waals surface area contributed by atoms with E-state index in [-0.39, 0.29) is 5.56 Å². The first-order chi connectivity index (χ1) is 9.93. The van der Waals surface area contributed by atoms with Gasteiger partial charge in [0.2, 0.25) is 0 Å². The lowest BCUT2D eigenvalue weighted by molar-refractivity contribution is 0.708. The van der Waals surface area contributed by atoms with Crippen molar-refractivity contribution in [3.63, 3.8) is 0 Å². The Morgan fingerprint density at radius 3 is 2.67 bits per heavy atom. The summed E-state index contributed by atoms with van der Waals surface area (Å²) in [5.74, 6) is 0.329. The minimum atomic E-state index is 0.0154. The van der Waals surface area contributed by atoms with Gasteiger partial charge in [0.05, 0.1) is 11.3 Å². The summed E-state index contributed by atoms with van der Waals surface area (Å²) in [6, 6.07) is 4.29. The van der Waals surface area contributed by atoms with Crippen molar-refractivity contribution in [1.82, 2.24) is 9.55 Å². The first-order valence-electron chi connectivity index (χ1n) is 7.36. The van der Waals surface area contributed by atoms with Gasteiger partial charge in [-0.2, -0.15) is 0 Å². The monoisotopic (exact) mass is 305 g/mol. The Bertz CT molecular complexity index is 672. The zero-order valence-electron chi connectivity index (χ0n) is 13.3. The fourth-order valence-electron chi connectivity index (χ4n) is 2.20. The van der Waals surface area contributed by atoms with E-state index in [1.807, 2.05) is 24.6 Å². The minimum absolute atomic E-state index is 0.0154. The quantitative estimate of drug-likeness (QED) is 0.913. The smallest absolute Gasteiger partial charge is 0.259 e. The molecule has 21 heavy (non-hydrogen) atoms. The van der Waals surface area contributed by atoms with E-state index in [2.05, 4.69) is 38.0 Å². The Morgan fingerprint density at radius 2 is 2.05 bits per heavy atom. The molecule has 0 aliphatic carbocycles. The Kier molecular flexibility index (Phi) is 4.83. The number of aromatic nitrogens is 2. The van der Waals surface area contributed by atoms with Gasteiger partial charge in [-0.15, -0.1) is 11.3 Å². The minimum Gasteiger partial charge on any atom is -0.359 e. The third kappa shape index (κ3) is 3.35. The van der Waals surface area contributed by atoms with Crippen LogP contribution in [0.1, 0.15) is 45.7 Å². The number of pyridine rings is 1. The normalized spacial score (nSPS) is 12.7. The van der Waals surface area contributed by atoms with E-state index in [0.717, 1.165) is 22.9 Å². The molecule has 1 unspecified atom stereocenters. The van der Waals surface area contributed by atoms with E-state index in [1.165, 1.54) is 0 Å². The van der Waals surface area contributed by atoms with Crippen LogP contribution in [0.3, 0.4) is 0 Å². The molecule has 0 saturated carbocycles. The van der Waals surface area contributed by atoms with Crippen LogP contribution in [0.4, 0.5) is 5.13 Å². The van der Waals surface area contributed by atoms with Gasteiger partial charge in [0, 0.05) is 24.2 Å². The molecule has 0 aromatic carbocycles. The third-order valence-electron chi connectivity index (χ3n) is 3.70. The summed E-state index contributed by atoms with van der Waals surface area (Å²) in [7, 11) is 1.83. The van der Waals surface area contributed by atoms with E-state index in [0.29, 0.717) is 17.5 Å². The Hall–Kier alpha value is -1.62. The molecular weight excluding hydrogens is 282 g/mol. The lowest BCUT2D eigenvalue weighted by Crippen LogP contribution is -2.22. The lowest BCUT2D eigenvalue weighted by atomic mass is 10.1. The molecule has 4 nitrogen and oxygen atoms in total.